The van der Waals surface area contributed by atoms with Crippen molar-refractivity contribution in [3.8, 4) is 12.0 Å². The van der Waals surface area contributed by atoms with Crippen molar-refractivity contribution in [3.05, 3.63) is 90.5 Å². The Morgan fingerprint density at radius 2 is 1.24 bits per heavy atom. The first kappa shape index (κ1) is 16.9. The lowest BCUT2D eigenvalue weighted by Gasteiger charge is -2.08. The highest BCUT2D eigenvalue weighted by atomic mass is 32.2. The summed E-state index contributed by atoms with van der Waals surface area (Å²) in [5, 5.41) is 0. The van der Waals surface area contributed by atoms with Gasteiger partial charge in [-0.2, -0.15) is 0 Å². The quantitative estimate of drug-likeness (QED) is 0.381. The van der Waals surface area contributed by atoms with Crippen molar-refractivity contribution in [2.45, 2.75) is 21.6 Å². The number of esters is 1. The summed E-state index contributed by atoms with van der Waals surface area (Å²) in [7, 11) is -0.222. The Bertz CT molecular complexity index is 852. The van der Waals surface area contributed by atoms with Gasteiger partial charge in [0.25, 0.3) is 0 Å². The van der Waals surface area contributed by atoms with Crippen molar-refractivity contribution in [2.75, 3.05) is 0 Å². The third-order valence-electron chi connectivity index (χ3n) is 3.53. The minimum absolute atomic E-state index is 0.222. The van der Waals surface area contributed by atoms with Crippen molar-refractivity contribution < 1.29 is 9.53 Å². The van der Waals surface area contributed by atoms with Gasteiger partial charge in [0.15, 0.2) is 14.7 Å². The molecule has 0 radical (unpaired) electrons. The molecule has 3 rings (SSSR count). The molecule has 3 aromatic carbocycles. The molecule has 0 spiro atoms. The lowest BCUT2D eigenvalue weighted by atomic mass is 10.2. The third kappa shape index (κ3) is 4.12. The summed E-state index contributed by atoms with van der Waals surface area (Å²) in [6.45, 7) is 1.63. The summed E-state index contributed by atoms with van der Waals surface area (Å²) in [4.78, 5) is 15.5. The van der Waals surface area contributed by atoms with Gasteiger partial charge >= 0.3 is 5.97 Å². The van der Waals surface area contributed by atoms with Gasteiger partial charge in [0.05, 0.1) is 16.5 Å². The van der Waals surface area contributed by atoms with E-state index in [-0.39, 0.29) is 10.9 Å². The zero-order chi connectivity index (χ0) is 17.5. The van der Waals surface area contributed by atoms with Gasteiger partial charge in [0, 0.05) is 6.92 Å². The maximum Gasteiger partial charge on any atom is 0.352 e. The van der Waals surface area contributed by atoms with E-state index in [1.165, 1.54) is 9.79 Å². The van der Waals surface area contributed by atoms with E-state index < -0.39 is 5.97 Å². The fourth-order valence-electron chi connectivity index (χ4n) is 2.40. The molecule has 0 aliphatic carbocycles. The molecule has 3 heteroatoms. The first-order chi connectivity index (χ1) is 12.3. The van der Waals surface area contributed by atoms with Crippen LogP contribution in [0.15, 0.2) is 99.6 Å². The largest absolute Gasteiger partial charge is 0.369 e. The van der Waals surface area contributed by atoms with E-state index in [9.17, 15) is 4.79 Å². The van der Waals surface area contributed by atoms with Gasteiger partial charge in [-0.1, -0.05) is 42.3 Å². The molecule has 122 valence electrons. The Morgan fingerprint density at radius 3 is 1.72 bits per heavy atom. The smallest absolute Gasteiger partial charge is 0.352 e. The van der Waals surface area contributed by atoms with Crippen LogP contribution >= 0.6 is 0 Å². The Morgan fingerprint density at radius 1 is 0.760 bits per heavy atom. The van der Waals surface area contributed by atoms with Gasteiger partial charge in [0.2, 0.25) is 0 Å². The molecule has 0 unspecified atom stereocenters. The van der Waals surface area contributed by atoms with E-state index in [1.54, 1.807) is 19.1 Å². The average Bonchev–Trinajstić information content (AvgIpc) is 2.68. The molecule has 0 N–H and O–H groups in total. The molecule has 0 saturated heterocycles. The van der Waals surface area contributed by atoms with Crippen LogP contribution in [0.2, 0.25) is 0 Å². The summed E-state index contributed by atoms with van der Waals surface area (Å²) in [6.07, 6.45) is 2.34. The van der Waals surface area contributed by atoms with Crippen LogP contribution in [0.4, 0.5) is 0 Å². The zero-order valence-electron chi connectivity index (χ0n) is 13.8. The number of carbonyl (C=O) groups is 1. The molecule has 0 amide bonds. The standard InChI is InChI=1S/C22H17O2S/c1-2-17-24-22(23)18-13-15-21(16-14-18)25(19-9-5-3-6-10-19)20-11-7-4-8-12-20/h3-16H,1H3/q+1. The van der Waals surface area contributed by atoms with Crippen LogP contribution < -0.4 is 0 Å². The molecule has 0 atom stereocenters. The molecule has 0 bridgehead atoms. The van der Waals surface area contributed by atoms with Crippen molar-refractivity contribution in [2.24, 2.45) is 0 Å². The first-order valence-electron chi connectivity index (χ1n) is 7.87. The van der Waals surface area contributed by atoms with Crippen LogP contribution in [0.5, 0.6) is 0 Å². The number of benzene rings is 3. The van der Waals surface area contributed by atoms with Crippen LogP contribution in [0, 0.1) is 12.0 Å². The molecule has 0 fully saturated rings. The number of hydrogen-bond acceptors (Lipinski definition) is 2. The summed E-state index contributed by atoms with van der Waals surface area (Å²) in [5.74, 6) is 2.12. The minimum Gasteiger partial charge on any atom is -0.369 e. The monoisotopic (exact) mass is 345 g/mol. The van der Waals surface area contributed by atoms with Gasteiger partial charge < -0.3 is 4.74 Å². The highest BCUT2D eigenvalue weighted by molar-refractivity contribution is 7.97. The second kappa shape index (κ2) is 8.23. The fraction of sp³-hybridized carbons (Fsp3) is 0.0455. The van der Waals surface area contributed by atoms with Crippen LogP contribution in [0.25, 0.3) is 0 Å². The summed E-state index contributed by atoms with van der Waals surface area (Å²) >= 11 is 0. The number of hydrogen-bond donors (Lipinski definition) is 0. The van der Waals surface area contributed by atoms with Crippen LogP contribution in [0.1, 0.15) is 17.3 Å². The summed E-state index contributed by atoms with van der Waals surface area (Å²) in [5.41, 5.74) is 0.496. The van der Waals surface area contributed by atoms with E-state index in [1.807, 2.05) is 48.5 Å². The maximum atomic E-state index is 11.9. The van der Waals surface area contributed by atoms with Gasteiger partial charge in [-0.25, -0.2) is 4.79 Å². The third-order valence-corrected chi connectivity index (χ3v) is 5.76. The second-order valence-electron chi connectivity index (χ2n) is 5.20. The van der Waals surface area contributed by atoms with Crippen molar-refractivity contribution in [1.82, 2.24) is 0 Å². The Hall–Kier alpha value is -2.96. The predicted octanol–water partition coefficient (Wildman–Crippen LogP) is 4.92. The minimum atomic E-state index is -0.430. The predicted molar refractivity (Wildman–Crippen MR) is 100 cm³/mol. The lowest BCUT2D eigenvalue weighted by molar-refractivity contribution is 0.0690. The molecular formula is C22H17O2S+. The fourth-order valence-corrected chi connectivity index (χ4v) is 4.49. The summed E-state index contributed by atoms with van der Waals surface area (Å²) < 4.78 is 4.85. The highest BCUT2D eigenvalue weighted by Crippen LogP contribution is 2.31. The number of rotatable bonds is 4. The second-order valence-corrected chi connectivity index (χ2v) is 7.22. The van der Waals surface area contributed by atoms with Crippen molar-refractivity contribution in [1.29, 1.82) is 0 Å². The van der Waals surface area contributed by atoms with E-state index >= 15 is 0 Å². The lowest BCUT2D eigenvalue weighted by Crippen LogP contribution is -2.06. The van der Waals surface area contributed by atoms with Crippen molar-refractivity contribution >= 4 is 16.9 Å². The normalized spacial score (nSPS) is 10.0. The van der Waals surface area contributed by atoms with E-state index in [2.05, 4.69) is 36.3 Å². The van der Waals surface area contributed by atoms with Gasteiger partial charge in [0.1, 0.15) is 6.11 Å². The Kier molecular flexibility index (Phi) is 5.56. The average molecular weight is 345 g/mol. The number of ether oxygens (including phenoxy) is 1. The topological polar surface area (TPSA) is 26.3 Å². The van der Waals surface area contributed by atoms with Crippen LogP contribution in [0.3, 0.4) is 0 Å². The Labute approximate surface area is 150 Å². The molecule has 0 aromatic heterocycles. The first-order valence-corrected chi connectivity index (χ1v) is 9.09. The van der Waals surface area contributed by atoms with Gasteiger partial charge in [-0.05, 0) is 48.5 Å². The molecule has 25 heavy (non-hydrogen) atoms. The van der Waals surface area contributed by atoms with Crippen molar-refractivity contribution in [3.63, 3.8) is 0 Å². The van der Waals surface area contributed by atoms with E-state index in [4.69, 9.17) is 4.74 Å². The summed E-state index contributed by atoms with van der Waals surface area (Å²) in [6, 6.07) is 28.3. The molecule has 0 aliphatic heterocycles. The van der Waals surface area contributed by atoms with E-state index in [0.29, 0.717) is 5.56 Å². The van der Waals surface area contributed by atoms with Crippen LogP contribution in [-0.2, 0) is 15.6 Å². The molecule has 0 aliphatic rings. The van der Waals surface area contributed by atoms with E-state index in [0.717, 1.165) is 4.90 Å². The molecular weight excluding hydrogens is 328 g/mol. The zero-order valence-corrected chi connectivity index (χ0v) is 14.6. The molecule has 0 heterocycles. The van der Waals surface area contributed by atoms with Gasteiger partial charge in [-0.15, -0.1) is 0 Å². The Balaban J connectivity index is 1.97. The SMILES string of the molecule is CC#COC(=O)c1ccc([S+](c2ccccc2)c2ccccc2)cc1. The number of carbonyl (C=O) groups excluding carboxylic acids is 1. The van der Waals surface area contributed by atoms with Gasteiger partial charge in [-0.3, -0.25) is 0 Å². The maximum absolute atomic E-state index is 11.9. The molecule has 2 nitrogen and oxygen atoms in total. The molecule has 3 aromatic rings. The molecule has 0 saturated carbocycles. The highest BCUT2D eigenvalue weighted by Gasteiger charge is 2.28. The van der Waals surface area contributed by atoms with Crippen LogP contribution in [-0.4, -0.2) is 5.97 Å².